The minimum Gasteiger partial charge on any atom is -0.491 e. The first-order valence-electron chi connectivity index (χ1n) is 7.68. The number of hydrogen-bond donors (Lipinski definition) is 1. The van der Waals surface area contributed by atoms with Crippen LogP contribution in [-0.4, -0.2) is 53.8 Å². The van der Waals surface area contributed by atoms with Crippen LogP contribution in [0.1, 0.15) is 37.0 Å². The van der Waals surface area contributed by atoms with Gasteiger partial charge in [0.1, 0.15) is 17.9 Å². The molecule has 2 rings (SSSR count). The van der Waals surface area contributed by atoms with Crippen LogP contribution >= 0.6 is 0 Å². The summed E-state index contributed by atoms with van der Waals surface area (Å²) in [5.41, 5.74) is -0.849. The molecule has 1 heterocycles. The van der Waals surface area contributed by atoms with Crippen molar-refractivity contribution in [3.63, 3.8) is 0 Å². The minimum absolute atomic E-state index is 0.138. The molecule has 0 bridgehead atoms. The fourth-order valence-electron chi connectivity index (χ4n) is 2.25. The topological polar surface area (TPSA) is 76.1 Å². The van der Waals surface area contributed by atoms with Crippen LogP contribution in [0.4, 0.5) is 0 Å². The highest BCUT2D eigenvalue weighted by molar-refractivity contribution is 5.97. The molecule has 1 aliphatic rings. The number of nitrogens with zero attached hydrogens (tertiary/aromatic N) is 1. The van der Waals surface area contributed by atoms with Crippen molar-refractivity contribution in [2.75, 3.05) is 20.3 Å². The van der Waals surface area contributed by atoms with Crippen molar-refractivity contribution < 1.29 is 24.2 Å². The molecule has 1 unspecified atom stereocenters. The Bertz CT molecular complexity index is 561. The molecule has 6 heteroatoms. The second kappa shape index (κ2) is 7.00. The molecule has 0 aliphatic carbocycles. The van der Waals surface area contributed by atoms with Crippen molar-refractivity contribution in [3.8, 4) is 5.75 Å². The van der Waals surface area contributed by atoms with E-state index < -0.39 is 11.5 Å². The van der Waals surface area contributed by atoms with E-state index in [0.717, 1.165) is 19.4 Å². The van der Waals surface area contributed by atoms with Crippen molar-refractivity contribution in [1.82, 2.24) is 4.90 Å². The van der Waals surface area contributed by atoms with E-state index in [1.165, 1.54) is 25.8 Å². The van der Waals surface area contributed by atoms with E-state index in [1.807, 2.05) is 0 Å². The van der Waals surface area contributed by atoms with Gasteiger partial charge in [0.25, 0.3) is 5.91 Å². The molecular formula is C17H23NO5. The van der Waals surface area contributed by atoms with Gasteiger partial charge < -0.3 is 19.5 Å². The number of likely N-dealkylation sites (N-methyl/N-ethyl adjacent to an activating group) is 1. The SMILES string of the molecule is CN(C(=O)c1ccc(OCC2CCCO2)cc1)C(C)(C)C(=O)O. The monoisotopic (exact) mass is 321 g/mol. The summed E-state index contributed by atoms with van der Waals surface area (Å²) in [6, 6.07) is 6.71. The molecule has 0 spiro atoms. The first-order valence-corrected chi connectivity index (χ1v) is 7.68. The van der Waals surface area contributed by atoms with E-state index in [4.69, 9.17) is 9.47 Å². The molecule has 1 N–H and O–H groups in total. The molecule has 0 radical (unpaired) electrons. The van der Waals surface area contributed by atoms with Gasteiger partial charge in [-0.05, 0) is 51.0 Å². The Kier molecular flexibility index (Phi) is 5.26. The summed E-state index contributed by atoms with van der Waals surface area (Å²) in [4.78, 5) is 24.8. The van der Waals surface area contributed by atoms with Gasteiger partial charge in [0.05, 0.1) is 6.10 Å². The summed E-state index contributed by atoms with van der Waals surface area (Å²) < 4.78 is 11.1. The number of carboxylic acids is 1. The van der Waals surface area contributed by atoms with E-state index in [1.54, 1.807) is 24.3 Å². The smallest absolute Gasteiger partial charge is 0.329 e. The lowest BCUT2D eigenvalue weighted by molar-refractivity contribution is -0.147. The number of carbonyl (C=O) groups excluding carboxylic acids is 1. The van der Waals surface area contributed by atoms with Crippen LogP contribution in [0.3, 0.4) is 0 Å². The second-order valence-corrected chi connectivity index (χ2v) is 6.20. The summed E-state index contributed by atoms with van der Waals surface area (Å²) in [7, 11) is 1.48. The maximum Gasteiger partial charge on any atom is 0.329 e. The number of rotatable bonds is 6. The predicted molar refractivity (Wildman–Crippen MR) is 84.7 cm³/mol. The summed E-state index contributed by atoms with van der Waals surface area (Å²) in [5, 5.41) is 9.20. The molecule has 1 fully saturated rings. The van der Waals surface area contributed by atoms with Gasteiger partial charge in [0.15, 0.2) is 0 Å². The second-order valence-electron chi connectivity index (χ2n) is 6.20. The number of aliphatic carboxylic acids is 1. The first kappa shape index (κ1) is 17.3. The number of amides is 1. The van der Waals surface area contributed by atoms with Crippen LogP contribution in [0.15, 0.2) is 24.3 Å². The average Bonchev–Trinajstić information content (AvgIpc) is 3.05. The lowest BCUT2D eigenvalue weighted by Crippen LogP contribution is -2.50. The third-order valence-corrected chi connectivity index (χ3v) is 4.23. The van der Waals surface area contributed by atoms with Gasteiger partial charge in [-0.15, -0.1) is 0 Å². The first-order chi connectivity index (χ1) is 10.8. The Labute approximate surface area is 136 Å². The number of benzene rings is 1. The zero-order valence-electron chi connectivity index (χ0n) is 13.7. The number of carbonyl (C=O) groups is 2. The van der Waals surface area contributed by atoms with Crippen LogP contribution in [0, 0.1) is 0 Å². The third-order valence-electron chi connectivity index (χ3n) is 4.23. The quantitative estimate of drug-likeness (QED) is 0.869. The molecule has 1 amide bonds. The van der Waals surface area contributed by atoms with Crippen LogP contribution < -0.4 is 4.74 Å². The third kappa shape index (κ3) is 4.01. The highest BCUT2D eigenvalue weighted by Gasteiger charge is 2.35. The average molecular weight is 321 g/mol. The Morgan fingerprint density at radius 2 is 2.00 bits per heavy atom. The van der Waals surface area contributed by atoms with E-state index in [9.17, 15) is 14.7 Å². The van der Waals surface area contributed by atoms with Crippen molar-refractivity contribution in [3.05, 3.63) is 29.8 Å². The maximum atomic E-state index is 12.4. The number of carboxylic acid groups (broad SMARTS) is 1. The van der Waals surface area contributed by atoms with E-state index in [-0.39, 0.29) is 12.0 Å². The van der Waals surface area contributed by atoms with Crippen LogP contribution in [0.2, 0.25) is 0 Å². The zero-order valence-corrected chi connectivity index (χ0v) is 13.7. The van der Waals surface area contributed by atoms with Crippen molar-refractivity contribution in [2.45, 2.75) is 38.3 Å². The molecule has 6 nitrogen and oxygen atoms in total. The lowest BCUT2D eigenvalue weighted by atomic mass is 10.0. The van der Waals surface area contributed by atoms with Gasteiger partial charge in [0, 0.05) is 19.2 Å². The zero-order chi connectivity index (χ0) is 17.0. The summed E-state index contributed by atoms with van der Waals surface area (Å²) in [6.07, 6.45) is 2.21. The Morgan fingerprint density at radius 1 is 1.35 bits per heavy atom. The Morgan fingerprint density at radius 3 is 2.52 bits per heavy atom. The van der Waals surface area contributed by atoms with Crippen LogP contribution in [0.5, 0.6) is 5.75 Å². The molecule has 126 valence electrons. The highest BCUT2D eigenvalue weighted by atomic mass is 16.5. The normalized spacial score (nSPS) is 17.8. The van der Waals surface area contributed by atoms with Gasteiger partial charge in [-0.2, -0.15) is 0 Å². The lowest BCUT2D eigenvalue weighted by Gasteiger charge is -2.31. The van der Waals surface area contributed by atoms with Crippen molar-refractivity contribution >= 4 is 11.9 Å². The molecule has 0 saturated carbocycles. The Hall–Kier alpha value is -2.08. The highest BCUT2D eigenvalue weighted by Crippen LogP contribution is 2.20. The van der Waals surface area contributed by atoms with Crippen LogP contribution in [-0.2, 0) is 9.53 Å². The van der Waals surface area contributed by atoms with Gasteiger partial charge in [-0.25, -0.2) is 4.79 Å². The van der Waals surface area contributed by atoms with Crippen molar-refractivity contribution in [1.29, 1.82) is 0 Å². The predicted octanol–water partition coefficient (Wildman–Crippen LogP) is 2.18. The standard InChI is InChI=1S/C17H23NO5/c1-17(2,16(20)21)18(3)15(19)12-6-8-13(9-7-12)23-11-14-5-4-10-22-14/h6-9,14H,4-5,10-11H2,1-3H3,(H,20,21). The Balaban J connectivity index is 1.98. The molecular weight excluding hydrogens is 298 g/mol. The van der Waals surface area contributed by atoms with Crippen molar-refractivity contribution in [2.24, 2.45) is 0 Å². The van der Waals surface area contributed by atoms with Gasteiger partial charge in [-0.1, -0.05) is 0 Å². The molecule has 23 heavy (non-hydrogen) atoms. The number of ether oxygens (including phenoxy) is 2. The minimum atomic E-state index is -1.27. The van der Waals surface area contributed by atoms with Crippen LogP contribution in [0.25, 0.3) is 0 Å². The van der Waals surface area contributed by atoms with Gasteiger partial charge >= 0.3 is 5.97 Å². The van der Waals surface area contributed by atoms with E-state index in [2.05, 4.69) is 0 Å². The summed E-state index contributed by atoms with van der Waals surface area (Å²) >= 11 is 0. The molecule has 0 aromatic heterocycles. The molecule has 1 atom stereocenters. The largest absolute Gasteiger partial charge is 0.491 e. The van der Waals surface area contributed by atoms with E-state index in [0.29, 0.717) is 17.9 Å². The molecule has 1 aromatic rings. The molecule has 1 aromatic carbocycles. The van der Waals surface area contributed by atoms with Gasteiger partial charge in [0.2, 0.25) is 0 Å². The fraction of sp³-hybridized carbons (Fsp3) is 0.529. The number of hydrogen-bond acceptors (Lipinski definition) is 4. The molecule has 1 aliphatic heterocycles. The summed E-state index contributed by atoms with van der Waals surface area (Å²) in [6.45, 7) is 4.27. The fourth-order valence-corrected chi connectivity index (χ4v) is 2.25. The van der Waals surface area contributed by atoms with E-state index >= 15 is 0 Å². The maximum absolute atomic E-state index is 12.4. The molecule has 1 saturated heterocycles. The van der Waals surface area contributed by atoms with Gasteiger partial charge in [-0.3, -0.25) is 4.79 Å². The summed E-state index contributed by atoms with van der Waals surface area (Å²) in [5.74, 6) is -0.731.